The monoisotopic (exact) mass is 334 g/mol. The number of hydrogen-bond donors (Lipinski definition) is 0. The molecule has 3 heteroatoms. The van der Waals surface area contributed by atoms with E-state index in [0.717, 1.165) is 16.8 Å². The molecular weight excluding hydrogens is 315 g/mol. The predicted molar refractivity (Wildman–Crippen MR) is 75.7 cm³/mol. The minimum absolute atomic E-state index is 0.570. The van der Waals surface area contributed by atoms with Gasteiger partial charge in [-0.15, -0.1) is 0 Å². The second-order valence-electron chi connectivity index (χ2n) is 3.87. The molecule has 0 amide bonds. The van der Waals surface area contributed by atoms with Crippen LogP contribution in [0.15, 0.2) is 24.3 Å². The molecule has 0 aromatic heterocycles. The van der Waals surface area contributed by atoms with E-state index in [1.54, 1.807) is 0 Å². The largest absolute Gasteiger partial charge is 0.491 e. The minimum Gasteiger partial charge on any atom is -0.491 e. The van der Waals surface area contributed by atoms with Crippen LogP contribution in [0.25, 0.3) is 0 Å². The van der Waals surface area contributed by atoms with Crippen molar-refractivity contribution in [2.75, 3.05) is 24.2 Å². The van der Waals surface area contributed by atoms with Gasteiger partial charge in [-0.05, 0) is 23.6 Å². The highest BCUT2D eigenvalue weighted by molar-refractivity contribution is 14.1. The van der Waals surface area contributed by atoms with Crippen LogP contribution >= 0.6 is 22.6 Å². The number of hydrogen-bond acceptors (Lipinski definition) is 2. The molecule has 16 heavy (non-hydrogen) atoms. The highest BCUT2D eigenvalue weighted by Gasteiger charge is 1.99. The molecular formula is C13H19IO2. The molecule has 1 aromatic carbocycles. The van der Waals surface area contributed by atoms with Crippen LogP contribution < -0.4 is 4.74 Å². The maximum Gasteiger partial charge on any atom is 0.119 e. The molecule has 0 spiro atoms. The lowest BCUT2D eigenvalue weighted by Gasteiger charge is -2.08. The molecule has 0 saturated heterocycles. The lowest BCUT2D eigenvalue weighted by atomic mass is 10.0. The fourth-order valence-corrected chi connectivity index (χ4v) is 1.64. The SMILES string of the molecule is CC(C)c1ccc(OCCOCCI)cc1. The second kappa shape index (κ2) is 7.90. The Morgan fingerprint density at radius 2 is 1.75 bits per heavy atom. The summed E-state index contributed by atoms with van der Waals surface area (Å²) < 4.78 is 11.9. The van der Waals surface area contributed by atoms with Crippen molar-refractivity contribution in [3.63, 3.8) is 0 Å². The van der Waals surface area contributed by atoms with Crippen molar-refractivity contribution < 1.29 is 9.47 Å². The fraction of sp³-hybridized carbons (Fsp3) is 0.538. The van der Waals surface area contributed by atoms with Crippen molar-refractivity contribution in [3.8, 4) is 5.75 Å². The summed E-state index contributed by atoms with van der Waals surface area (Å²) >= 11 is 2.29. The highest BCUT2D eigenvalue weighted by Crippen LogP contribution is 2.18. The van der Waals surface area contributed by atoms with Crippen LogP contribution in [0.3, 0.4) is 0 Å². The summed E-state index contributed by atoms with van der Waals surface area (Å²) in [4.78, 5) is 0. The normalized spacial score (nSPS) is 10.8. The molecule has 0 bridgehead atoms. The number of halogens is 1. The van der Waals surface area contributed by atoms with E-state index in [2.05, 4.69) is 48.6 Å². The standard InChI is InChI=1S/C13H19IO2/c1-11(2)12-3-5-13(6-4-12)16-10-9-15-8-7-14/h3-6,11H,7-10H2,1-2H3. The molecule has 90 valence electrons. The quantitative estimate of drug-likeness (QED) is 0.431. The summed E-state index contributed by atoms with van der Waals surface area (Å²) in [5, 5.41) is 0. The molecule has 0 atom stereocenters. The van der Waals surface area contributed by atoms with E-state index in [0.29, 0.717) is 19.1 Å². The Bertz CT molecular complexity index is 282. The molecule has 0 radical (unpaired) electrons. The highest BCUT2D eigenvalue weighted by atomic mass is 127. The van der Waals surface area contributed by atoms with Gasteiger partial charge in [0.2, 0.25) is 0 Å². The van der Waals surface area contributed by atoms with Gasteiger partial charge in [-0.3, -0.25) is 0 Å². The van der Waals surface area contributed by atoms with Gasteiger partial charge in [-0.2, -0.15) is 0 Å². The van der Waals surface area contributed by atoms with Gasteiger partial charge >= 0.3 is 0 Å². The Morgan fingerprint density at radius 1 is 1.06 bits per heavy atom. The van der Waals surface area contributed by atoms with Gasteiger partial charge in [0.15, 0.2) is 0 Å². The van der Waals surface area contributed by atoms with Gasteiger partial charge in [-0.25, -0.2) is 0 Å². The smallest absolute Gasteiger partial charge is 0.119 e. The molecule has 0 fully saturated rings. The molecule has 0 aliphatic heterocycles. The molecule has 0 N–H and O–H groups in total. The third-order valence-corrected chi connectivity index (χ3v) is 2.71. The fourth-order valence-electron chi connectivity index (χ4n) is 1.32. The Hall–Kier alpha value is -0.290. The van der Waals surface area contributed by atoms with Crippen LogP contribution in [-0.4, -0.2) is 24.2 Å². The van der Waals surface area contributed by atoms with Crippen molar-refractivity contribution in [2.24, 2.45) is 0 Å². The van der Waals surface area contributed by atoms with Crippen molar-refractivity contribution in [1.82, 2.24) is 0 Å². The van der Waals surface area contributed by atoms with Crippen LogP contribution in [0.5, 0.6) is 5.75 Å². The Kier molecular flexibility index (Phi) is 6.80. The zero-order valence-corrected chi connectivity index (χ0v) is 12.1. The van der Waals surface area contributed by atoms with Gasteiger partial charge in [0.05, 0.1) is 13.2 Å². The van der Waals surface area contributed by atoms with Gasteiger partial charge in [0.1, 0.15) is 12.4 Å². The van der Waals surface area contributed by atoms with E-state index < -0.39 is 0 Å². The summed E-state index contributed by atoms with van der Waals surface area (Å²) in [6.07, 6.45) is 0. The number of rotatable bonds is 7. The minimum atomic E-state index is 0.570. The van der Waals surface area contributed by atoms with Crippen LogP contribution in [0.4, 0.5) is 0 Å². The molecule has 0 saturated carbocycles. The van der Waals surface area contributed by atoms with Crippen molar-refractivity contribution in [3.05, 3.63) is 29.8 Å². The lowest BCUT2D eigenvalue weighted by Crippen LogP contribution is -2.07. The maximum atomic E-state index is 5.56. The summed E-state index contributed by atoms with van der Waals surface area (Å²) in [5.74, 6) is 1.49. The number of benzene rings is 1. The number of ether oxygens (including phenoxy) is 2. The van der Waals surface area contributed by atoms with Crippen LogP contribution in [-0.2, 0) is 4.74 Å². The van der Waals surface area contributed by atoms with Crippen molar-refractivity contribution >= 4 is 22.6 Å². The predicted octanol–water partition coefficient (Wildman–Crippen LogP) is 3.64. The van der Waals surface area contributed by atoms with Crippen LogP contribution in [0.1, 0.15) is 25.3 Å². The zero-order valence-electron chi connectivity index (χ0n) is 9.91. The van der Waals surface area contributed by atoms with Crippen LogP contribution in [0.2, 0.25) is 0 Å². The van der Waals surface area contributed by atoms with E-state index in [-0.39, 0.29) is 0 Å². The van der Waals surface area contributed by atoms with Gasteiger partial charge in [0.25, 0.3) is 0 Å². The summed E-state index contributed by atoms with van der Waals surface area (Å²) in [5.41, 5.74) is 1.34. The topological polar surface area (TPSA) is 18.5 Å². The third-order valence-electron chi connectivity index (χ3n) is 2.26. The van der Waals surface area contributed by atoms with E-state index in [4.69, 9.17) is 9.47 Å². The zero-order chi connectivity index (χ0) is 11.8. The molecule has 1 rings (SSSR count). The van der Waals surface area contributed by atoms with Gasteiger partial charge in [0, 0.05) is 4.43 Å². The molecule has 0 unspecified atom stereocenters. The molecule has 0 heterocycles. The van der Waals surface area contributed by atoms with Crippen LogP contribution in [0, 0.1) is 0 Å². The average molecular weight is 334 g/mol. The molecule has 0 aliphatic rings. The first-order valence-electron chi connectivity index (χ1n) is 5.60. The summed E-state index contributed by atoms with van der Waals surface area (Å²) in [6, 6.07) is 8.28. The molecule has 2 nitrogen and oxygen atoms in total. The molecule has 1 aromatic rings. The van der Waals surface area contributed by atoms with Gasteiger partial charge in [-0.1, -0.05) is 48.6 Å². The molecule has 0 aliphatic carbocycles. The summed E-state index contributed by atoms with van der Waals surface area (Å²) in [7, 11) is 0. The van der Waals surface area contributed by atoms with Crippen molar-refractivity contribution in [1.29, 1.82) is 0 Å². The van der Waals surface area contributed by atoms with Gasteiger partial charge < -0.3 is 9.47 Å². The third kappa shape index (κ3) is 5.16. The lowest BCUT2D eigenvalue weighted by molar-refractivity contribution is 0.113. The van der Waals surface area contributed by atoms with E-state index >= 15 is 0 Å². The first-order valence-corrected chi connectivity index (χ1v) is 7.13. The van der Waals surface area contributed by atoms with E-state index in [1.807, 2.05) is 12.1 Å². The van der Waals surface area contributed by atoms with Crippen molar-refractivity contribution in [2.45, 2.75) is 19.8 Å². The Morgan fingerprint density at radius 3 is 2.31 bits per heavy atom. The maximum absolute atomic E-state index is 5.56. The first kappa shape index (κ1) is 13.8. The van der Waals surface area contributed by atoms with E-state index in [9.17, 15) is 0 Å². The summed E-state index contributed by atoms with van der Waals surface area (Å²) in [6.45, 7) is 6.46. The Balaban J connectivity index is 2.27. The first-order chi connectivity index (χ1) is 7.74. The Labute approximate surface area is 111 Å². The number of alkyl halides is 1. The average Bonchev–Trinajstić information content (AvgIpc) is 2.29. The van der Waals surface area contributed by atoms with E-state index in [1.165, 1.54) is 5.56 Å². The second-order valence-corrected chi connectivity index (χ2v) is 4.95.